The second-order valence-corrected chi connectivity index (χ2v) is 8.46. The predicted molar refractivity (Wildman–Crippen MR) is 126 cm³/mol. The average Bonchev–Trinajstić information content (AvgIpc) is 3.11. The van der Waals surface area contributed by atoms with Crippen LogP contribution in [-0.2, 0) is 14.3 Å². The number of hydrogen-bond donors (Lipinski definition) is 3. The van der Waals surface area contributed by atoms with Crippen molar-refractivity contribution in [3.63, 3.8) is 0 Å². The highest BCUT2D eigenvalue weighted by atomic mass is 16.5. The molecule has 7 nitrogen and oxygen atoms in total. The zero-order valence-electron chi connectivity index (χ0n) is 19.0. The molecule has 0 saturated heterocycles. The molecule has 2 amide bonds. The van der Waals surface area contributed by atoms with E-state index in [4.69, 9.17) is 9.84 Å². The average molecular weight is 453 g/mol. The highest BCUT2D eigenvalue weighted by Gasteiger charge is 2.29. The first-order valence-electron chi connectivity index (χ1n) is 11.6. The minimum atomic E-state index is -0.820. The lowest BCUT2D eigenvalue weighted by Gasteiger charge is -2.17. The van der Waals surface area contributed by atoms with Crippen LogP contribution >= 0.6 is 0 Å². The van der Waals surface area contributed by atoms with Gasteiger partial charge in [-0.1, -0.05) is 48.5 Å². The second-order valence-electron chi connectivity index (χ2n) is 8.46. The Morgan fingerprint density at radius 2 is 1.58 bits per heavy atom. The Hall–Kier alpha value is -3.35. The monoisotopic (exact) mass is 452 g/mol. The SMILES string of the molecule is CC(CCCC(=O)NCCCCC(=O)O)NC(=O)OCC1c2ccccc2-c2ccccc21. The Morgan fingerprint density at radius 1 is 0.939 bits per heavy atom. The lowest BCUT2D eigenvalue weighted by molar-refractivity contribution is -0.137. The van der Waals surface area contributed by atoms with Crippen LogP contribution in [-0.4, -0.2) is 42.3 Å². The van der Waals surface area contributed by atoms with Crippen molar-refractivity contribution in [2.24, 2.45) is 0 Å². The van der Waals surface area contributed by atoms with Crippen molar-refractivity contribution in [1.29, 1.82) is 0 Å². The standard InChI is InChI=1S/C26H32N2O5/c1-18(9-8-14-24(29)27-16-7-6-15-25(30)31)28-26(32)33-17-23-21-12-4-2-10-19(21)20-11-3-5-13-22(20)23/h2-5,10-13,18,23H,6-9,14-17H2,1H3,(H,27,29)(H,28,32)(H,30,31). The van der Waals surface area contributed by atoms with Crippen LogP contribution in [0.4, 0.5) is 4.79 Å². The Bertz CT molecular complexity index is 929. The molecule has 0 bridgehead atoms. The summed E-state index contributed by atoms with van der Waals surface area (Å²) in [5, 5.41) is 14.2. The van der Waals surface area contributed by atoms with Crippen LogP contribution in [0.3, 0.4) is 0 Å². The van der Waals surface area contributed by atoms with Crippen LogP contribution in [0.25, 0.3) is 11.1 Å². The summed E-state index contributed by atoms with van der Waals surface area (Å²) in [6.07, 6.45) is 2.55. The summed E-state index contributed by atoms with van der Waals surface area (Å²) in [6.45, 7) is 2.65. The van der Waals surface area contributed by atoms with Crippen LogP contribution in [0.5, 0.6) is 0 Å². The highest BCUT2D eigenvalue weighted by molar-refractivity contribution is 5.79. The number of carbonyl (C=O) groups excluding carboxylic acids is 2. The third kappa shape index (κ3) is 7.07. The zero-order valence-corrected chi connectivity index (χ0v) is 19.0. The van der Waals surface area contributed by atoms with E-state index in [1.807, 2.05) is 31.2 Å². The van der Waals surface area contributed by atoms with Gasteiger partial charge in [-0.3, -0.25) is 9.59 Å². The lowest BCUT2D eigenvalue weighted by Crippen LogP contribution is -2.34. The number of unbranched alkanes of at least 4 members (excludes halogenated alkanes) is 1. The molecule has 0 spiro atoms. The van der Waals surface area contributed by atoms with Crippen molar-refractivity contribution in [3.05, 3.63) is 59.7 Å². The van der Waals surface area contributed by atoms with Crippen molar-refractivity contribution >= 4 is 18.0 Å². The van der Waals surface area contributed by atoms with E-state index in [2.05, 4.69) is 34.9 Å². The van der Waals surface area contributed by atoms with Crippen molar-refractivity contribution in [2.75, 3.05) is 13.2 Å². The Balaban J connectivity index is 1.35. The molecule has 2 aromatic rings. The van der Waals surface area contributed by atoms with Gasteiger partial charge in [-0.05, 0) is 54.9 Å². The number of carbonyl (C=O) groups is 3. The molecule has 0 saturated carbocycles. The first-order valence-corrected chi connectivity index (χ1v) is 11.6. The fraction of sp³-hybridized carbons (Fsp3) is 0.423. The van der Waals surface area contributed by atoms with Crippen LogP contribution in [0.1, 0.15) is 62.5 Å². The first-order chi connectivity index (χ1) is 16.0. The Labute approximate surface area is 194 Å². The van der Waals surface area contributed by atoms with Crippen molar-refractivity contribution in [2.45, 2.75) is 57.4 Å². The number of ether oxygens (including phenoxy) is 1. The van der Waals surface area contributed by atoms with Crippen LogP contribution < -0.4 is 10.6 Å². The molecular weight excluding hydrogens is 420 g/mol. The number of benzene rings is 2. The van der Waals surface area contributed by atoms with E-state index < -0.39 is 12.1 Å². The number of carboxylic acids is 1. The molecule has 0 aliphatic heterocycles. The van der Waals surface area contributed by atoms with Gasteiger partial charge in [0.1, 0.15) is 6.61 Å². The van der Waals surface area contributed by atoms with Crippen LogP contribution in [0.15, 0.2) is 48.5 Å². The maximum absolute atomic E-state index is 12.3. The van der Waals surface area contributed by atoms with Crippen molar-refractivity contribution < 1.29 is 24.2 Å². The molecule has 0 fully saturated rings. The van der Waals surface area contributed by atoms with Crippen molar-refractivity contribution in [1.82, 2.24) is 10.6 Å². The van der Waals surface area contributed by atoms with E-state index in [9.17, 15) is 14.4 Å². The quantitative estimate of drug-likeness (QED) is 0.413. The van der Waals surface area contributed by atoms with E-state index in [-0.39, 0.29) is 30.9 Å². The van der Waals surface area contributed by atoms with Gasteiger partial charge in [-0.2, -0.15) is 0 Å². The van der Waals surface area contributed by atoms with E-state index >= 15 is 0 Å². The van der Waals surface area contributed by atoms with Crippen LogP contribution in [0, 0.1) is 0 Å². The third-order valence-electron chi connectivity index (χ3n) is 5.89. The topological polar surface area (TPSA) is 105 Å². The summed E-state index contributed by atoms with van der Waals surface area (Å²) in [6, 6.07) is 16.3. The smallest absolute Gasteiger partial charge is 0.407 e. The number of carboxylic acid groups (broad SMARTS) is 1. The minimum Gasteiger partial charge on any atom is -0.481 e. The number of nitrogens with one attached hydrogen (secondary N) is 2. The summed E-state index contributed by atoms with van der Waals surface area (Å²) in [7, 11) is 0. The summed E-state index contributed by atoms with van der Waals surface area (Å²) in [5.74, 6) is -0.851. The van der Waals surface area contributed by atoms with E-state index in [1.54, 1.807) is 0 Å². The fourth-order valence-electron chi connectivity index (χ4n) is 4.20. The van der Waals surface area contributed by atoms with E-state index in [1.165, 1.54) is 22.3 Å². The Kier molecular flexibility index (Phi) is 8.87. The molecule has 2 aromatic carbocycles. The molecule has 3 rings (SSSR count). The molecule has 33 heavy (non-hydrogen) atoms. The molecule has 1 unspecified atom stereocenters. The van der Waals surface area contributed by atoms with Gasteiger partial charge in [-0.15, -0.1) is 0 Å². The number of hydrogen-bond acceptors (Lipinski definition) is 4. The normalized spacial score (nSPS) is 13.0. The number of aliphatic carboxylic acids is 1. The number of amides is 2. The molecule has 1 aliphatic rings. The van der Waals surface area contributed by atoms with Gasteiger partial charge in [0, 0.05) is 31.3 Å². The molecule has 7 heteroatoms. The number of rotatable bonds is 12. The van der Waals surface area contributed by atoms with Crippen molar-refractivity contribution in [3.8, 4) is 11.1 Å². The van der Waals surface area contributed by atoms with Gasteiger partial charge >= 0.3 is 12.1 Å². The summed E-state index contributed by atoms with van der Waals surface area (Å²) in [4.78, 5) is 34.6. The van der Waals surface area contributed by atoms with Gasteiger partial charge in [-0.25, -0.2) is 4.79 Å². The van der Waals surface area contributed by atoms with Gasteiger partial charge in [0.25, 0.3) is 0 Å². The van der Waals surface area contributed by atoms with Gasteiger partial charge in [0.15, 0.2) is 0 Å². The molecule has 176 valence electrons. The van der Waals surface area contributed by atoms with Gasteiger partial charge in [0.05, 0.1) is 0 Å². The maximum atomic E-state index is 12.3. The maximum Gasteiger partial charge on any atom is 0.407 e. The molecule has 3 N–H and O–H groups in total. The molecule has 0 heterocycles. The van der Waals surface area contributed by atoms with Gasteiger partial charge < -0.3 is 20.5 Å². The molecule has 1 atom stereocenters. The number of alkyl carbamates (subject to hydrolysis) is 1. The summed E-state index contributed by atoms with van der Waals surface area (Å²) >= 11 is 0. The lowest BCUT2D eigenvalue weighted by atomic mass is 9.98. The van der Waals surface area contributed by atoms with Gasteiger partial charge in [0.2, 0.25) is 5.91 Å². The minimum absolute atomic E-state index is 0.0256. The molecule has 0 radical (unpaired) electrons. The molecular formula is C26H32N2O5. The van der Waals surface area contributed by atoms with E-state index in [0.29, 0.717) is 38.6 Å². The summed E-state index contributed by atoms with van der Waals surface area (Å²) < 4.78 is 5.56. The molecule has 0 aromatic heterocycles. The third-order valence-corrected chi connectivity index (χ3v) is 5.89. The fourth-order valence-corrected chi connectivity index (χ4v) is 4.20. The first kappa shape index (κ1) is 24.3. The largest absolute Gasteiger partial charge is 0.481 e. The number of fused-ring (bicyclic) bond motifs is 3. The molecule has 1 aliphatic carbocycles. The van der Waals surface area contributed by atoms with Crippen LogP contribution in [0.2, 0.25) is 0 Å². The predicted octanol–water partition coefficient (Wildman–Crippen LogP) is 4.46. The zero-order chi connectivity index (χ0) is 23.6. The highest BCUT2D eigenvalue weighted by Crippen LogP contribution is 2.44. The van der Waals surface area contributed by atoms with E-state index in [0.717, 1.165) is 0 Å². The second kappa shape index (κ2) is 12.0. The Morgan fingerprint density at radius 3 is 2.21 bits per heavy atom. The summed E-state index contributed by atoms with van der Waals surface area (Å²) in [5.41, 5.74) is 4.73.